The lowest BCUT2D eigenvalue weighted by molar-refractivity contribution is 0.460. The Morgan fingerprint density at radius 3 is 2.67 bits per heavy atom. The lowest BCUT2D eigenvalue weighted by Gasteiger charge is -2.23. The Morgan fingerprint density at radius 2 is 1.96 bits per heavy atom. The second-order valence-corrected chi connectivity index (χ2v) is 7.09. The number of piperidine rings is 1. The summed E-state index contributed by atoms with van der Waals surface area (Å²) in [6, 6.07) is 10.6. The van der Waals surface area contributed by atoms with Gasteiger partial charge in [0.05, 0.1) is 17.5 Å². The fourth-order valence-electron chi connectivity index (χ4n) is 3.75. The SMILES string of the molecule is CCNc1nc(-c2ccc(C3CCNCC3)cc2)cc2ncn(C)c(=O)c12. The topological polar surface area (TPSA) is 71.8 Å². The molecule has 140 valence electrons. The number of nitrogens with one attached hydrogen (secondary N) is 2. The Balaban J connectivity index is 1.75. The van der Waals surface area contributed by atoms with E-state index in [9.17, 15) is 4.79 Å². The molecule has 0 radical (unpaired) electrons. The normalized spacial score (nSPS) is 15.2. The van der Waals surface area contributed by atoms with Gasteiger partial charge in [-0.25, -0.2) is 9.97 Å². The Hall–Kier alpha value is -2.73. The molecule has 1 aliphatic heterocycles. The summed E-state index contributed by atoms with van der Waals surface area (Å²) >= 11 is 0. The van der Waals surface area contributed by atoms with Crippen molar-refractivity contribution in [1.29, 1.82) is 0 Å². The summed E-state index contributed by atoms with van der Waals surface area (Å²) in [6.07, 6.45) is 3.93. The van der Waals surface area contributed by atoms with E-state index in [0.29, 0.717) is 29.2 Å². The largest absolute Gasteiger partial charge is 0.370 e. The summed E-state index contributed by atoms with van der Waals surface area (Å²) in [5.41, 5.74) is 3.84. The molecule has 0 amide bonds. The van der Waals surface area contributed by atoms with E-state index in [1.165, 1.54) is 23.0 Å². The van der Waals surface area contributed by atoms with E-state index in [0.717, 1.165) is 24.3 Å². The first-order valence-electron chi connectivity index (χ1n) is 9.58. The summed E-state index contributed by atoms with van der Waals surface area (Å²) in [6.45, 7) is 4.86. The standard InChI is InChI=1S/C21H25N5O/c1-3-23-20-19-18(24-13-26(2)21(19)27)12-17(25-20)16-6-4-14(5-7-16)15-8-10-22-11-9-15/h4-7,12-13,15,22H,3,8-11H2,1-2H3,(H,23,25). The van der Waals surface area contributed by atoms with E-state index in [1.54, 1.807) is 13.4 Å². The van der Waals surface area contributed by atoms with Crippen LogP contribution in [0.5, 0.6) is 0 Å². The number of aryl methyl sites for hydroxylation is 1. The molecule has 1 saturated heterocycles. The van der Waals surface area contributed by atoms with Gasteiger partial charge in [0.25, 0.3) is 5.56 Å². The van der Waals surface area contributed by atoms with Gasteiger partial charge >= 0.3 is 0 Å². The van der Waals surface area contributed by atoms with Gasteiger partial charge in [0, 0.05) is 19.2 Å². The molecule has 3 aromatic rings. The molecule has 2 aromatic heterocycles. The van der Waals surface area contributed by atoms with Crippen LogP contribution in [0.4, 0.5) is 5.82 Å². The van der Waals surface area contributed by atoms with Crippen LogP contribution in [0.1, 0.15) is 31.2 Å². The van der Waals surface area contributed by atoms with E-state index in [2.05, 4.69) is 39.9 Å². The second-order valence-electron chi connectivity index (χ2n) is 7.09. The molecule has 0 atom stereocenters. The average Bonchev–Trinajstić information content (AvgIpc) is 2.71. The molecule has 3 heterocycles. The van der Waals surface area contributed by atoms with Crippen molar-refractivity contribution in [3.8, 4) is 11.3 Å². The van der Waals surface area contributed by atoms with Crippen LogP contribution in [0.3, 0.4) is 0 Å². The van der Waals surface area contributed by atoms with Gasteiger partial charge in [-0.3, -0.25) is 4.79 Å². The van der Waals surface area contributed by atoms with Crippen molar-refractivity contribution in [2.75, 3.05) is 25.0 Å². The van der Waals surface area contributed by atoms with Crippen molar-refractivity contribution in [3.63, 3.8) is 0 Å². The first kappa shape index (κ1) is 17.7. The third-order valence-electron chi connectivity index (χ3n) is 5.26. The smallest absolute Gasteiger partial charge is 0.264 e. The number of aromatic nitrogens is 3. The number of fused-ring (bicyclic) bond motifs is 1. The molecule has 0 aliphatic carbocycles. The van der Waals surface area contributed by atoms with Crippen molar-refractivity contribution in [1.82, 2.24) is 19.9 Å². The molecule has 0 spiro atoms. The van der Waals surface area contributed by atoms with Crippen LogP contribution in [0.15, 0.2) is 41.5 Å². The van der Waals surface area contributed by atoms with Gasteiger partial charge in [-0.05, 0) is 50.4 Å². The van der Waals surface area contributed by atoms with Crippen LogP contribution in [0, 0.1) is 0 Å². The maximum absolute atomic E-state index is 12.5. The minimum absolute atomic E-state index is 0.0868. The van der Waals surface area contributed by atoms with Crippen LogP contribution in [-0.4, -0.2) is 34.2 Å². The monoisotopic (exact) mass is 363 g/mol. The summed E-state index contributed by atoms with van der Waals surface area (Å²) < 4.78 is 1.48. The van der Waals surface area contributed by atoms with E-state index >= 15 is 0 Å². The zero-order valence-electron chi connectivity index (χ0n) is 15.8. The molecule has 0 unspecified atom stereocenters. The first-order valence-corrected chi connectivity index (χ1v) is 9.58. The first-order chi connectivity index (χ1) is 13.2. The van der Waals surface area contributed by atoms with Gasteiger partial charge < -0.3 is 15.2 Å². The van der Waals surface area contributed by atoms with Gasteiger partial charge in [-0.15, -0.1) is 0 Å². The number of nitrogens with zero attached hydrogens (tertiary/aromatic N) is 3. The number of benzene rings is 1. The molecule has 0 saturated carbocycles. The highest BCUT2D eigenvalue weighted by Gasteiger charge is 2.16. The number of hydrogen-bond acceptors (Lipinski definition) is 5. The van der Waals surface area contributed by atoms with Gasteiger partial charge in [0.15, 0.2) is 0 Å². The summed E-state index contributed by atoms with van der Waals surface area (Å²) in [5.74, 6) is 1.23. The molecule has 1 fully saturated rings. The number of hydrogen-bond donors (Lipinski definition) is 2. The van der Waals surface area contributed by atoms with Crippen molar-refractivity contribution in [2.45, 2.75) is 25.7 Å². The van der Waals surface area contributed by atoms with Gasteiger partial charge in [0.2, 0.25) is 0 Å². The van der Waals surface area contributed by atoms with Crippen LogP contribution in [0.2, 0.25) is 0 Å². The molecular weight excluding hydrogens is 338 g/mol. The average molecular weight is 363 g/mol. The lowest BCUT2D eigenvalue weighted by Crippen LogP contribution is -2.26. The van der Waals surface area contributed by atoms with Gasteiger partial charge in [-0.2, -0.15) is 0 Å². The predicted octanol–water partition coefficient (Wildman–Crippen LogP) is 2.89. The summed E-state index contributed by atoms with van der Waals surface area (Å²) in [5, 5.41) is 7.17. The number of rotatable bonds is 4. The van der Waals surface area contributed by atoms with Crippen molar-refractivity contribution < 1.29 is 0 Å². The van der Waals surface area contributed by atoms with Crippen LogP contribution in [0.25, 0.3) is 22.2 Å². The number of anilines is 1. The van der Waals surface area contributed by atoms with E-state index in [-0.39, 0.29) is 5.56 Å². The lowest BCUT2D eigenvalue weighted by atomic mass is 9.89. The molecule has 6 heteroatoms. The fourth-order valence-corrected chi connectivity index (χ4v) is 3.75. The van der Waals surface area contributed by atoms with Crippen LogP contribution in [-0.2, 0) is 7.05 Å². The minimum Gasteiger partial charge on any atom is -0.370 e. The van der Waals surface area contributed by atoms with E-state index in [1.807, 2.05) is 13.0 Å². The molecule has 6 nitrogen and oxygen atoms in total. The second kappa shape index (κ2) is 7.48. The Bertz CT molecular complexity index is 1000. The van der Waals surface area contributed by atoms with E-state index in [4.69, 9.17) is 4.98 Å². The summed E-state index contributed by atoms with van der Waals surface area (Å²) in [4.78, 5) is 21.7. The Kier molecular flexibility index (Phi) is 4.90. The minimum atomic E-state index is -0.0868. The van der Waals surface area contributed by atoms with Gasteiger partial charge in [0.1, 0.15) is 11.2 Å². The highest BCUT2D eigenvalue weighted by molar-refractivity contribution is 5.91. The molecule has 2 N–H and O–H groups in total. The highest BCUT2D eigenvalue weighted by Crippen LogP contribution is 2.29. The van der Waals surface area contributed by atoms with Crippen LogP contribution < -0.4 is 16.2 Å². The number of pyridine rings is 1. The fraction of sp³-hybridized carbons (Fsp3) is 0.381. The highest BCUT2D eigenvalue weighted by atomic mass is 16.1. The molecule has 1 aliphatic rings. The Morgan fingerprint density at radius 1 is 1.22 bits per heavy atom. The molecule has 0 bridgehead atoms. The van der Waals surface area contributed by atoms with Crippen molar-refractivity contribution in [3.05, 3.63) is 52.6 Å². The molecular formula is C21H25N5O. The van der Waals surface area contributed by atoms with E-state index < -0.39 is 0 Å². The summed E-state index contributed by atoms with van der Waals surface area (Å²) in [7, 11) is 1.71. The molecule has 27 heavy (non-hydrogen) atoms. The maximum Gasteiger partial charge on any atom is 0.264 e. The zero-order valence-corrected chi connectivity index (χ0v) is 15.8. The third kappa shape index (κ3) is 3.45. The quantitative estimate of drug-likeness (QED) is 0.746. The Labute approximate surface area is 158 Å². The predicted molar refractivity (Wildman–Crippen MR) is 109 cm³/mol. The molecule has 4 rings (SSSR count). The third-order valence-corrected chi connectivity index (χ3v) is 5.26. The molecule has 1 aromatic carbocycles. The van der Waals surface area contributed by atoms with Gasteiger partial charge in [-0.1, -0.05) is 24.3 Å². The zero-order chi connectivity index (χ0) is 18.8. The maximum atomic E-state index is 12.5. The van der Waals surface area contributed by atoms with Crippen molar-refractivity contribution >= 4 is 16.7 Å². The van der Waals surface area contributed by atoms with Crippen LogP contribution >= 0.6 is 0 Å². The van der Waals surface area contributed by atoms with Crippen molar-refractivity contribution in [2.24, 2.45) is 7.05 Å².